The Morgan fingerprint density at radius 2 is 2.00 bits per heavy atom. The molecule has 0 aliphatic rings. The molecule has 78 valence electrons. The molecule has 0 atom stereocenters. The molecule has 0 fully saturated rings. The molecular weight excluding hydrogens is 219 g/mol. The highest BCUT2D eigenvalue weighted by Gasteiger charge is 2.03. The smallest absolute Gasteiger partial charge is 0.267 e. The molecule has 0 saturated heterocycles. The third-order valence-electron chi connectivity index (χ3n) is 1.90. The molecule has 0 spiro atoms. The van der Waals surface area contributed by atoms with Crippen LogP contribution in [-0.4, -0.2) is 10.9 Å². The summed E-state index contributed by atoms with van der Waals surface area (Å²) >= 11 is 0. The Morgan fingerprint density at radius 3 is 2.67 bits per heavy atom. The molecule has 1 aromatic heterocycles. The minimum Gasteiger partial charge on any atom is -0.364 e. The van der Waals surface area contributed by atoms with Crippen LogP contribution in [0.3, 0.4) is 0 Å². The zero-order valence-corrected chi connectivity index (χ0v) is 8.42. The Bertz CT molecular complexity index is 516. The molecule has 2 rings (SSSR count). The highest BCUT2D eigenvalue weighted by molar-refractivity contribution is 5.93. The van der Waals surface area contributed by atoms with Gasteiger partial charge in [-0.05, 0) is 24.3 Å². The molecule has 0 radical (unpaired) electrons. The van der Waals surface area contributed by atoms with E-state index in [1.807, 2.05) is 0 Å². The van der Waals surface area contributed by atoms with E-state index in [1.54, 1.807) is 6.07 Å². The number of carbonyl (C=O) groups excluding carboxylic acids is 1. The van der Waals surface area contributed by atoms with Crippen LogP contribution in [0.15, 0.2) is 30.3 Å². The zero-order chi connectivity index (χ0) is 10.1. The van der Waals surface area contributed by atoms with Crippen molar-refractivity contribution in [1.29, 1.82) is 0 Å². The summed E-state index contributed by atoms with van der Waals surface area (Å²) in [6, 6.07) is 7.25. The van der Waals surface area contributed by atoms with E-state index in [0.29, 0.717) is 10.9 Å². The number of hydrogen-bond donors (Lipinski definition) is 1. The number of amides is 1. The molecule has 0 aliphatic carbocycles. The van der Waals surface area contributed by atoms with E-state index in [2.05, 4.69) is 4.98 Å². The minimum atomic E-state index is -0.587. The first kappa shape index (κ1) is 11.4. The van der Waals surface area contributed by atoms with Gasteiger partial charge in [-0.3, -0.25) is 4.79 Å². The largest absolute Gasteiger partial charge is 0.364 e. The summed E-state index contributed by atoms with van der Waals surface area (Å²) in [5, 5.41) is 0.648. The molecule has 0 bridgehead atoms. The molecule has 0 saturated carbocycles. The number of fused-ring (bicyclic) bond motifs is 1. The summed E-state index contributed by atoms with van der Waals surface area (Å²) in [7, 11) is 0. The van der Waals surface area contributed by atoms with Crippen LogP contribution in [0.4, 0.5) is 4.39 Å². The van der Waals surface area contributed by atoms with Crippen molar-refractivity contribution in [3.63, 3.8) is 0 Å². The van der Waals surface area contributed by atoms with Crippen LogP contribution in [-0.2, 0) is 0 Å². The second kappa shape index (κ2) is 4.23. The van der Waals surface area contributed by atoms with Crippen LogP contribution in [0.2, 0.25) is 0 Å². The fourth-order valence-electron chi connectivity index (χ4n) is 1.23. The van der Waals surface area contributed by atoms with E-state index < -0.39 is 5.91 Å². The van der Waals surface area contributed by atoms with Gasteiger partial charge in [-0.15, -0.1) is 12.4 Å². The summed E-state index contributed by atoms with van der Waals surface area (Å²) in [6.45, 7) is 0. The monoisotopic (exact) mass is 226 g/mol. The topological polar surface area (TPSA) is 56.0 Å². The van der Waals surface area contributed by atoms with Gasteiger partial charge < -0.3 is 5.73 Å². The molecule has 0 unspecified atom stereocenters. The van der Waals surface area contributed by atoms with E-state index >= 15 is 0 Å². The maximum atomic E-state index is 12.8. The predicted octanol–water partition coefficient (Wildman–Crippen LogP) is 1.89. The number of pyridine rings is 1. The second-order valence-corrected chi connectivity index (χ2v) is 2.90. The van der Waals surface area contributed by atoms with Crippen molar-refractivity contribution in [1.82, 2.24) is 4.98 Å². The van der Waals surface area contributed by atoms with Crippen LogP contribution in [0.1, 0.15) is 10.5 Å². The molecule has 1 heterocycles. The third-order valence-corrected chi connectivity index (χ3v) is 1.90. The average Bonchev–Trinajstić information content (AvgIpc) is 2.16. The second-order valence-electron chi connectivity index (χ2n) is 2.90. The Morgan fingerprint density at radius 1 is 1.27 bits per heavy atom. The molecule has 15 heavy (non-hydrogen) atoms. The number of nitrogens with zero attached hydrogens (tertiary/aromatic N) is 1. The summed E-state index contributed by atoms with van der Waals surface area (Å²) < 4.78 is 12.8. The van der Waals surface area contributed by atoms with Gasteiger partial charge in [-0.1, -0.05) is 6.07 Å². The number of benzene rings is 1. The average molecular weight is 227 g/mol. The lowest BCUT2D eigenvalue weighted by molar-refractivity contribution is 0.0996. The van der Waals surface area contributed by atoms with Crippen LogP contribution in [0.25, 0.3) is 10.9 Å². The lowest BCUT2D eigenvalue weighted by Crippen LogP contribution is -2.12. The highest BCUT2D eigenvalue weighted by atomic mass is 35.5. The quantitative estimate of drug-likeness (QED) is 0.807. The van der Waals surface area contributed by atoms with Gasteiger partial charge in [0.25, 0.3) is 5.91 Å². The number of nitrogens with two attached hydrogens (primary N) is 1. The Kier molecular flexibility index (Phi) is 3.21. The summed E-state index contributed by atoms with van der Waals surface area (Å²) in [5.74, 6) is -0.914. The summed E-state index contributed by atoms with van der Waals surface area (Å²) in [6.07, 6.45) is 0. The van der Waals surface area contributed by atoms with Gasteiger partial charge >= 0.3 is 0 Å². The minimum absolute atomic E-state index is 0. The Hall–Kier alpha value is -1.68. The maximum absolute atomic E-state index is 12.8. The number of carbonyl (C=O) groups is 1. The predicted molar refractivity (Wildman–Crippen MR) is 57.5 cm³/mol. The first-order valence-electron chi connectivity index (χ1n) is 4.03. The SMILES string of the molecule is Cl.NC(=O)c1ccc2cc(F)ccc2n1. The number of aromatic nitrogens is 1. The van der Waals surface area contributed by atoms with Crippen molar-refractivity contribution in [2.24, 2.45) is 5.73 Å². The van der Waals surface area contributed by atoms with Crippen LogP contribution in [0.5, 0.6) is 0 Å². The van der Waals surface area contributed by atoms with E-state index in [1.165, 1.54) is 24.3 Å². The van der Waals surface area contributed by atoms with Crippen molar-refractivity contribution in [3.8, 4) is 0 Å². The maximum Gasteiger partial charge on any atom is 0.267 e. The van der Waals surface area contributed by atoms with Crippen LogP contribution in [0, 0.1) is 5.82 Å². The standard InChI is InChI=1S/C10H7FN2O.ClH/c11-7-2-4-8-6(5-7)1-3-9(13-8)10(12)14;/h1-5H,(H2,12,14);1H. The van der Waals surface area contributed by atoms with Crippen molar-refractivity contribution in [3.05, 3.63) is 41.8 Å². The molecule has 3 nitrogen and oxygen atoms in total. The highest BCUT2D eigenvalue weighted by Crippen LogP contribution is 2.13. The first-order chi connectivity index (χ1) is 6.66. The molecule has 2 N–H and O–H groups in total. The Labute approximate surface area is 91.5 Å². The zero-order valence-electron chi connectivity index (χ0n) is 7.61. The van der Waals surface area contributed by atoms with E-state index in [4.69, 9.17) is 5.73 Å². The van der Waals surface area contributed by atoms with Gasteiger partial charge in [0.2, 0.25) is 0 Å². The molecule has 0 aliphatic heterocycles. The molecular formula is C10H8ClFN2O. The van der Waals surface area contributed by atoms with E-state index in [-0.39, 0.29) is 23.9 Å². The molecule has 5 heteroatoms. The molecule has 1 aromatic carbocycles. The fraction of sp³-hybridized carbons (Fsp3) is 0. The third kappa shape index (κ3) is 2.22. The normalized spacial score (nSPS) is 9.67. The van der Waals surface area contributed by atoms with E-state index in [9.17, 15) is 9.18 Å². The van der Waals surface area contributed by atoms with Crippen LogP contribution < -0.4 is 5.73 Å². The molecule has 2 aromatic rings. The van der Waals surface area contributed by atoms with Gasteiger partial charge in [-0.25, -0.2) is 9.37 Å². The van der Waals surface area contributed by atoms with Crippen molar-refractivity contribution in [2.75, 3.05) is 0 Å². The van der Waals surface area contributed by atoms with Crippen molar-refractivity contribution >= 4 is 29.2 Å². The van der Waals surface area contributed by atoms with Crippen molar-refractivity contribution < 1.29 is 9.18 Å². The number of rotatable bonds is 1. The van der Waals surface area contributed by atoms with Crippen LogP contribution >= 0.6 is 12.4 Å². The number of primary amides is 1. The fourth-order valence-corrected chi connectivity index (χ4v) is 1.23. The number of halogens is 2. The lowest BCUT2D eigenvalue weighted by atomic mass is 10.2. The summed E-state index contributed by atoms with van der Waals surface area (Å²) in [4.78, 5) is 14.8. The van der Waals surface area contributed by atoms with Gasteiger partial charge in [0.15, 0.2) is 0 Å². The molecule has 1 amide bonds. The van der Waals surface area contributed by atoms with Gasteiger partial charge in [0.05, 0.1) is 5.52 Å². The van der Waals surface area contributed by atoms with Gasteiger partial charge in [0, 0.05) is 5.39 Å². The number of hydrogen-bond acceptors (Lipinski definition) is 2. The first-order valence-corrected chi connectivity index (χ1v) is 4.03. The van der Waals surface area contributed by atoms with Crippen molar-refractivity contribution in [2.45, 2.75) is 0 Å². The Balaban J connectivity index is 0.00000112. The lowest BCUT2D eigenvalue weighted by Gasteiger charge is -1.99. The van der Waals surface area contributed by atoms with E-state index in [0.717, 1.165) is 0 Å². The summed E-state index contributed by atoms with van der Waals surface area (Å²) in [5.41, 5.74) is 5.80. The van der Waals surface area contributed by atoms with Gasteiger partial charge in [-0.2, -0.15) is 0 Å². The van der Waals surface area contributed by atoms with Gasteiger partial charge in [0.1, 0.15) is 11.5 Å².